The summed E-state index contributed by atoms with van der Waals surface area (Å²) in [7, 11) is 0. The predicted molar refractivity (Wildman–Crippen MR) is 74.3 cm³/mol. The first-order chi connectivity index (χ1) is 8.16. The number of nitrogens with zero attached hydrogens (tertiary/aromatic N) is 1. The van der Waals surface area contributed by atoms with Gasteiger partial charge in [0.1, 0.15) is 0 Å². The second-order valence-corrected chi connectivity index (χ2v) is 6.47. The van der Waals surface area contributed by atoms with E-state index >= 15 is 0 Å². The molecule has 100 valence electrons. The molecule has 1 aliphatic heterocycles. The Morgan fingerprint density at radius 3 is 2.29 bits per heavy atom. The summed E-state index contributed by atoms with van der Waals surface area (Å²) in [6.07, 6.45) is 8.38. The van der Waals surface area contributed by atoms with E-state index in [1.807, 2.05) is 0 Å². The first-order valence-corrected chi connectivity index (χ1v) is 7.64. The summed E-state index contributed by atoms with van der Waals surface area (Å²) in [6.45, 7) is 11.0. The number of hydrogen-bond acceptors (Lipinski definition) is 2. The summed E-state index contributed by atoms with van der Waals surface area (Å²) in [5.74, 6) is 0.928. The summed E-state index contributed by atoms with van der Waals surface area (Å²) in [4.78, 5) is 2.72. The van der Waals surface area contributed by atoms with Crippen LogP contribution in [0.4, 0.5) is 0 Å². The Balaban J connectivity index is 2.00. The van der Waals surface area contributed by atoms with E-state index in [2.05, 4.69) is 31.0 Å². The fourth-order valence-electron chi connectivity index (χ4n) is 3.56. The lowest BCUT2D eigenvalue weighted by atomic mass is 9.72. The maximum atomic E-state index is 3.85. The van der Waals surface area contributed by atoms with Crippen LogP contribution in [0.25, 0.3) is 0 Å². The van der Waals surface area contributed by atoms with Crippen molar-refractivity contribution in [3.63, 3.8) is 0 Å². The van der Waals surface area contributed by atoms with Crippen LogP contribution in [0.5, 0.6) is 0 Å². The normalized spacial score (nSPS) is 24.9. The lowest BCUT2D eigenvalue weighted by Crippen LogP contribution is -2.61. The van der Waals surface area contributed by atoms with E-state index in [0.717, 1.165) is 5.92 Å². The fourth-order valence-corrected chi connectivity index (χ4v) is 3.56. The molecule has 1 heterocycles. The van der Waals surface area contributed by atoms with Crippen LogP contribution in [-0.2, 0) is 0 Å². The zero-order valence-corrected chi connectivity index (χ0v) is 12.0. The average molecular weight is 238 g/mol. The van der Waals surface area contributed by atoms with Crippen LogP contribution in [0.15, 0.2) is 0 Å². The third kappa shape index (κ3) is 2.85. The highest BCUT2D eigenvalue weighted by molar-refractivity contribution is 5.00. The molecule has 2 aliphatic rings. The molecular weight excluding hydrogens is 208 g/mol. The van der Waals surface area contributed by atoms with Gasteiger partial charge in [-0.15, -0.1) is 0 Å². The Kier molecular flexibility index (Phi) is 4.48. The van der Waals surface area contributed by atoms with E-state index in [1.165, 1.54) is 58.2 Å². The Morgan fingerprint density at radius 1 is 1.18 bits per heavy atom. The number of nitrogens with one attached hydrogen (secondary N) is 1. The largest absolute Gasteiger partial charge is 0.312 e. The molecule has 0 aromatic heterocycles. The molecule has 17 heavy (non-hydrogen) atoms. The van der Waals surface area contributed by atoms with Gasteiger partial charge in [0.15, 0.2) is 0 Å². The van der Waals surface area contributed by atoms with Crippen molar-refractivity contribution in [2.75, 3.05) is 19.6 Å². The summed E-state index contributed by atoms with van der Waals surface area (Å²) >= 11 is 0. The van der Waals surface area contributed by atoms with Gasteiger partial charge >= 0.3 is 0 Å². The van der Waals surface area contributed by atoms with Crippen molar-refractivity contribution < 1.29 is 0 Å². The second kappa shape index (κ2) is 5.71. The minimum Gasteiger partial charge on any atom is -0.312 e. The molecule has 1 atom stereocenters. The van der Waals surface area contributed by atoms with Crippen LogP contribution in [0, 0.1) is 5.92 Å². The molecule has 1 N–H and O–H groups in total. The number of rotatable bonds is 6. The Hall–Kier alpha value is -0.0800. The third-order valence-electron chi connectivity index (χ3n) is 4.92. The van der Waals surface area contributed by atoms with E-state index in [4.69, 9.17) is 0 Å². The quantitative estimate of drug-likeness (QED) is 0.765. The van der Waals surface area contributed by atoms with Crippen molar-refractivity contribution >= 4 is 0 Å². The fraction of sp³-hybridized carbons (Fsp3) is 1.00. The lowest BCUT2D eigenvalue weighted by molar-refractivity contribution is 0.0527. The molecule has 0 radical (unpaired) electrons. The Bertz CT molecular complexity index is 227. The molecular formula is C15H30N2. The van der Waals surface area contributed by atoms with E-state index in [-0.39, 0.29) is 0 Å². The first kappa shape index (κ1) is 13.4. The van der Waals surface area contributed by atoms with Crippen molar-refractivity contribution in [2.24, 2.45) is 5.92 Å². The standard InChI is InChI=1S/C15H30N2/c1-4-10-16-14(13-8-7-9-13)15(2,3)17-11-5-6-12-17/h13-14,16H,4-12H2,1-3H3. The van der Waals surface area contributed by atoms with Crippen molar-refractivity contribution in [3.8, 4) is 0 Å². The van der Waals surface area contributed by atoms with Crippen molar-refractivity contribution in [1.29, 1.82) is 0 Å². The van der Waals surface area contributed by atoms with Gasteiger partial charge in [-0.1, -0.05) is 13.3 Å². The first-order valence-electron chi connectivity index (χ1n) is 7.64. The highest BCUT2D eigenvalue weighted by Crippen LogP contribution is 2.37. The molecule has 1 unspecified atom stereocenters. The molecule has 2 fully saturated rings. The monoisotopic (exact) mass is 238 g/mol. The summed E-state index contributed by atoms with van der Waals surface area (Å²) in [5.41, 5.74) is 0.344. The van der Waals surface area contributed by atoms with Gasteiger partial charge < -0.3 is 5.32 Å². The van der Waals surface area contributed by atoms with Gasteiger partial charge in [0, 0.05) is 11.6 Å². The molecule has 2 rings (SSSR count). The third-order valence-corrected chi connectivity index (χ3v) is 4.92. The van der Waals surface area contributed by atoms with Gasteiger partial charge in [-0.25, -0.2) is 0 Å². The average Bonchev–Trinajstić information content (AvgIpc) is 2.74. The topological polar surface area (TPSA) is 15.3 Å². The van der Waals surface area contributed by atoms with Crippen molar-refractivity contribution in [2.45, 2.75) is 70.9 Å². The molecule has 0 aromatic carbocycles. The molecule has 2 nitrogen and oxygen atoms in total. The van der Waals surface area contributed by atoms with Crippen LogP contribution in [0.1, 0.15) is 59.3 Å². The van der Waals surface area contributed by atoms with Crippen LogP contribution in [-0.4, -0.2) is 36.1 Å². The molecule has 1 saturated carbocycles. The Labute approximate surface area is 107 Å². The van der Waals surface area contributed by atoms with Crippen molar-refractivity contribution in [3.05, 3.63) is 0 Å². The summed E-state index contributed by atoms with van der Waals surface area (Å²) in [5, 5.41) is 3.85. The maximum Gasteiger partial charge on any atom is 0.0308 e. The van der Waals surface area contributed by atoms with E-state index in [9.17, 15) is 0 Å². The van der Waals surface area contributed by atoms with E-state index < -0.39 is 0 Å². The molecule has 0 aromatic rings. The van der Waals surface area contributed by atoms with Gasteiger partial charge in [-0.3, -0.25) is 4.90 Å². The van der Waals surface area contributed by atoms with Gasteiger partial charge in [0.05, 0.1) is 0 Å². The second-order valence-electron chi connectivity index (χ2n) is 6.47. The molecule has 1 aliphatic carbocycles. The van der Waals surface area contributed by atoms with Gasteiger partial charge in [-0.05, 0) is 71.5 Å². The molecule has 0 amide bonds. The van der Waals surface area contributed by atoms with Crippen molar-refractivity contribution in [1.82, 2.24) is 10.2 Å². The minimum absolute atomic E-state index is 0.344. The highest BCUT2D eigenvalue weighted by atomic mass is 15.2. The number of likely N-dealkylation sites (tertiary alicyclic amines) is 1. The van der Waals surface area contributed by atoms with Gasteiger partial charge in [0.2, 0.25) is 0 Å². The Morgan fingerprint density at radius 2 is 1.82 bits per heavy atom. The molecule has 0 bridgehead atoms. The minimum atomic E-state index is 0.344. The van der Waals surface area contributed by atoms with Gasteiger partial charge in [-0.2, -0.15) is 0 Å². The predicted octanol–water partition coefficient (Wildman–Crippen LogP) is 3.03. The highest BCUT2D eigenvalue weighted by Gasteiger charge is 2.42. The SMILES string of the molecule is CCCNC(C1CCC1)C(C)(C)N1CCCC1. The lowest BCUT2D eigenvalue weighted by Gasteiger charge is -2.48. The van der Waals surface area contributed by atoms with Crippen LogP contribution < -0.4 is 5.32 Å². The molecule has 1 saturated heterocycles. The van der Waals surface area contributed by atoms with Crippen LogP contribution >= 0.6 is 0 Å². The molecule has 0 spiro atoms. The van der Waals surface area contributed by atoms with Gasteiger partial charge in [0.25, 0.3) is 0 Å². The zero-order chi connectivity index (χ0) is 12.3. The number of hydrogen-bond donors (Lipinski definition) is 1. The zero-order valence-electron chi connectivity index (χ0n) is 12.0. The maximum absolute atomic E-state index is 3.85. The summed E-state index contributed by atoms with van der Waals surface area (Å²) in [6, 6.07) is 0.703. The van der Waals surface area contributed by atoms with E-state index in [0.29, 0.717) is 11.6 Å². The smallest absolute Gasteiger partial charge is 0.0308 e. The summed E-state index contributed by atoms with van der Waals surface area (Å²) < 4.78 is 0. The van der Waals surface area contributed by atoms with Crippen LogP contribution in [0.3, 0.4) is 0 Å². The molecule has 2 heteroatoms. The van der Waals surface area contributed by atoms with Crippen LogP contribution in [0.2, 0.25) is 0 Å². The van der Waals surface area contributed by atoms with E-state index in [1.54, 1.807) is 0 Å².